The molecule has 0 saturated heterocycles. The van der Waals surface area contributed by atoms with Crippen LogP contribution in [-0.4, -0.2) is 35.5 Å². The quantitative estimate of drug-likeness (QED) is 0.323. The number of hydrogen-bond donors (Lipinski definition) is 0. The van der Waals surface area contributed by atoms with E-state index in [1.165, 1.54) is 0 Å². The first kappa shape index (κ1) is 4.50. The first-order valence-electron chi connectivity index (χ1n) is 2.00. The van der Waals surface area contributed by atoms with Gasteiger partial charge in [0.25, 0.3) is 0 Å². The fraction of sp³-hybridized carbons (Fsp3) is 0. The van der Waals surface area contributed by atoms with Crippen LogP contribution in [0.15, 0.2) is 5.57 Å². The van der Waals surface area contributed by atoms with Gasteiger partial charge in [0, 0.05) is 0 Å². The average Bonchev–Trinajstić information content (AvgIpc) is 1.72. The molecule has 0 aliphatic carbocycles. The maximum absolute atomic E-state index is 2.21. The molecule has 1 aromatic heterocycles. The van der Waals surface area contributed by atoms with E-state index >= 15 is 0 Å². The van der Waals surface area contributed by atoms with Crippen molar-refractivity contribution in [2.45, 2.75) is 0 Å². The third-order valence-corrected chi connectivity index (χ3v) is 1.56. The summed E-state index contributed by atoms with van der Waals surface area (Å²) in [6, 6.07) is 0. The Morgan fingerprint density at radius 1 is 1.33 bits per heavy atom. The van der Waals surface area contributed by atoms with Crippen LogP contribution in [0.1, 0.15) is 0 Å². The van der Waals surface area contributed by atoms with Crippen LogP contribution in [0.3, 0.4) is 0 Å². The second-order valence-corrected chi connectivity index (χ2v) is 2.31. The van der Waals surface area contributed by atoms with E-state index in [0.717, 1.165) is 0 Å². The molecule has 0 nitrogen and oxygen atoms in total. The van der Waals surface area contributed by atoms with Crippen LogP contribution >= 0.6 is 0 Å². The third-order valence-electron chi connectivity index (χ3n) is 0.667. The van der Waals surface area contributed by atoms with Gasteiger partial charge in [-0.2, -0.15) is 0 Å². The van der Waals surface area contributed by atoms with Crippen LogP contribution < -0.4 is 0 Å². The van der Waals surface area contributed by atoms with Gasteiger partial charge in [0.1, 0.15) is 0 Å². The molecule has 0 saturated carbocycles. The van der Waals surface area contributed by atoms with Crippen LogP contribution in [-0.2, 0) is 0 Å². The van der Waals surface area contributed by atoms with Crippen LogP contribution in [0.25, 0.3) is 0 Å². The summed E-state index contributed by atoms with van der Waals surface area (Å²) in [5.74, 6) is 0. The topological polar surface area (TPSA) is 0 Å². The van der Waals surface area contributed by atoms with Crippen molar-refractivity contribution in [3.05, 3.63) is 5.57 Å². The van der Waals surface area contributed by atoms with E-state index in [1.807, 2.05) is 0 Å². The van der Waals surface area contributed by atoms with Crippen molar-refractivity contribution < 1.29 is 0 Å². The zero-order valence-corrected chi connectivity index (χ0v) is 4.62. The van der Waals surface area contributed by atoms with Gasteiger partial charge in [-0.1, -0.05) is 0 Å². The van der Waals surface area contributed by atoms with Gasteiger partial charge < -0.3 is 0 Å². The Kier molecular flexibility index (Phi) is 1.88. The molecule has 0 aromatic carbocycles. The molecule has 0 spiro atoms. The van der Waals surface area contributed by atoms with Crippen LogP contribution in [0.4, 0.5) is 0 Å². The van der Waals surface area contributed by atoms with Gasteiger partial charge in [-0.15, -0.1) is 0 Å². The minimum absolute atomic E-state index is 0.513. The van der Waals surface area contributed by atoms with E-state index < -0.39 is 0 Å². The van der Waals surface area contributed by atoms with Gasteiger partial charge in [0.2, 0.25) is 0 Å². The number of hydrogen-bond acceptors (Lipinski definition) is 0. The zero-order valence-electron chi connectivity index (χ0n) is 3.46. The molecule has 22 valence electrons. The van der Waals surface area contributed by atoms with Crippen molar-refractivity contribution in [3.8, 4) is 0 Å². The fourth-order valence-corrected chi connectivity index (χ4v) is 1.03. The van der Waals surface area contributed by atoms with E-state index in [2.05, 4.69) is 32.1 Å². The van der Waals surface area contributed by atoms with Gasteiger partial charge in [0.05, 0.1) is 0 Å². The van der Waals surface area contributed by atoms with E-state index in [9.17, 15) is 0 Å². The Morgan fingerprint density at radius 2 is 2.33 bits per heavy atom. The molecule has 0 aliphatic heterocycles. The van der Waals surface area contributed by atoms with Crippen molar-refractivity contribution in [1.82, 2.24) is 0 Å². The zero-order chi connectivity index (χ0) is 4.24. The summed E-state index contributed by atoms with van der Waals surface area (Å²) in [6.45, 7) is 6.24. The van der Waals surface area contributed by atoms with Crippen LogP contribution in [0, 0.1) is 0 Å². The molecule has 0 bridgehead atoms. The Labute approximate surface area is 41.9 Å². The normalized spacial score (nSPS) is 5.33. The fourth-order valence-electron chi connectivity index (χ4n) is 0.385. The van der Waals surface area contributed by atoms with Gasteiger partial charge in [0.15, 0.2) is 0 Å². The van der Waals surface area contributed by atoms with Gasteiger partial charge in [-0.05, 0) is 0 Å². The molecule has 0 fully saturated rings. The minimum atomic E-state index is 0.513. The SMILES string of the molecule is b1bb[siH]cb1. The number of rotatable bonds is 0. The van der Waals surface area contributed by atoms with Crippen molar-refractivity contribution in [2.75, 3.05) is 0 Å². The average molecular weight is 85.4 g/mol. The molecule has 0 unspecified atom stereocenters. The molecule has 5 heteroatoms. The second kappa shape index (κ2) is 2.51. The van der Waals surface area contributed by atoms with E-state index in [4.69, 9.17) is 0 Å². The maximum atomic E-state index is 2.21. The molecular weight excluding hydrogens is 83.3 g/mol. The predicted octanol–water partition coefficient (Wildman–Crippen LogP) is -1.89. The second-order valence-electron chi connectivity index (χ2n) is 1.15. The summed E-state index contributed by atoms with van der Waals surface area (Å²) in [7, 11) is 0.513. The first-order chi connectivity index (χ1) is 3.00. The summed E-state index contributed by atoms with van der Waals surface area (Å²) in [4.78, 5) is 0. The summed E-state index contributed by atoms with van der Waals surface area (Å²) in [5, 5.41) is 0. The molecule has 1 heterocycles. The Hall–Kier alpha value is 0.347. The van der Waals surface area contributed by atoms with Gasteiger partial charge >= 0.3 is 41.1 Å². The Bertz CT molecular complexity index is 79.5. The Morgan fingerprint density at radius 3 is 2.50 bits per heavy atom. The molecule has 6 heavy (non-hydrogen) atoms. The van der Waals surface area contributed by atoms with E-state index in [-0.39, 0.29) is 0 Å². The first-order valence-corrected chi connectivity index (χ1v) is 3.33. The predicted molar refractivity (Wildman–Crippen MR) is 34.6 cm³/mol. The van der Waals surface area contributed by atoms with Crippen LogP contribution in [0.2, 0.25) is 0 Å². The molecule has 0 N–H and O–H groups in total. The molecule has 0 radical (unpaired) electrons. The summed E-state index contributed by atoms with van der Waals surface area (Å²) in [6.07, 6.45) is 2.21. The molecule has 1 rings (SSSR count). The van der Waals surface area contributed by atoms with Gasteiger partial charge in [-0.25, -0.2) is 0 Å². The molecule has 0 amide bonds. The van der Waals surface area contributed by atoms with Crippen molar-refractivity contribution >= 4 is 35.5 Å². The standard InChI is InChI=1S/CH2B4Si/c1-2-3-4-5-6-1/h1,6H. The Balaban J connectivity index is 3.00. The van der Waals surface area contributed by atoms with Crippen molar-refractivity contribution in [3.63, 3.8) is 0 Å². The summed E-state index contributed by atoms with van der Waals surface area (Å²) in [5.41, 5.74) is 2.21. The van der Waals surface area contributed by atoms with E-state index in [0.29, 0.717) is 8.98 Å². The van der Waals surface area contributed by atoms with Crippen molar-refractivity contribution in [2.24, 2.45) is 0 Å². The van der Waals surface area contributed by atoms with Gasteiger partial charge in [-0.3, -0.25) is 0 Å². The molecular formula is CH2B4Si. The third kappa shape index (κ3) is 1.21. The summed E-state index contributed by atoms with van der Waals surface area (Å²) < 4.78 is 0. The van der Waals surface area contributed by atoms with Crippen molar-refractivity contribution in [1.29, 1.82) is 0 Å². The van der Waals surface area contributed by atoms with Crippen LogP contribution in [0.5, 0.6) is 0 Å². The summed E-state index contributed by atoms with van der Waals surface area (Å²) >= 11 is 0. The molecule has 0 aliphatic rings. The molecule has 0 atom stereocenters. The monoisotopic (exact) mass is 86.0 g/mol. The molecule has 1 aromatic rings. The van der Waals surface area contributed by atoms with E-state index in [1.54, 1.807) is 0 Å².